The lowest BCUT2D eigenvalue weighted by Crippen LogP contribution is -2.24. The highest BCUT2D eigenvalue weighted by Gasteiger charge is 2.10. The Morgan fingerprint density at radius 3 is 2.56 bits per heavy atom. The zero-order chi connectivity index (χ0) is 19.1. The number of ether oxygens (including phenoxy) is 1. The third-order valence-electron chi connectivity index (χ3n) is 3.72. The van der Waals surface area contributed by atoms with Gasteiger partial charge in [-0.3, -0.25) is 5.43 Å². The molecule has 0 atom stereocenters. The number of thiocarbonyl (C=S) groups is 1. The summed E-state index contributed by atoms with van der Waals surface area (Å²) in [6.07, 6.45) is 4.62. The summed E-state index contributed by atoms with van der Waals surface area (Å²) >= 11 is 4.75. The van der Waals surface area contributed by atoms with Crippen LogP contribution in [0.4, 0.5) is 0 Å². The smallest absolute Gasteiger partial charge is 0.336 e. The molecule has 134 valence electrons. The normalized spacial score (nSPS) is 11.1. The van der Waals surface area contributed by atoms with Crippen LogP contribution in [0.25, 0.3) is 16.8 Å². The Balaban J connectivity index is 1.88. The van der Waals surface area contributed by atoms with Gasteiger partial charge < -0.3 is 10.5 Å². The van der Waals surface area contributed by atoms with Crippen molar-refractivity contribution in [2.75, 3.05) is 0 Å². The Hall–Kier alpha value is -3.51. The summed E-state index contributed by atoms with van der Waals surface area (Å²) in [6.45, 7) is 0. The highest BCUT2D eigenvalue weighted by Crippen LogP contribution is 2.27. The number of hydrogen-bond donors (Lipinski definition) is 2. The molecule has 0 aromatic heterocycles. The van der Waals surface area contributed by atoms with E-state index in [4.69, 9.17) is 22.7 Å². The molecule has 5 nitrogen and oxygen atoms in total. The predicted octanol–water partition coefficient (Wildman–Crippen LogP) is 3.63. The van der Waals surface area contributed by atoms with E-state index in [9.17, 15) is 4.79 Å². The van der Waals surface area contributed by atoms with Crippen LogP contribution in [0.2, 0.25) is 0 Å². The maximum absolute atomic E-state index is 12.2. The van der Waals surface area contributed by atoms with Crippen molar-refractivity contribution in [1.82, 2.24) is 5.43 Å². The molecule has 0 aliphatic heterocycles. The Morgan fingerprint density at radius 1 is 1.04 bits per heavy atom. The van der Waals surface area contributed by atoms with Crippen LogP contribution >= 0.6 is 12.2 Å². The molecule has 0 aliphatic carbocycles. The number of nitrogens with two attached hydrogens (primary N) is 1. The van der Waals surface area contributed by atoms with Gasteiger partial charge in [-0.1, -0.05) is 60.7 Å². The van der Waals surface area contributed by atoms with Crippen LogP contribution in [-0.4, -0.2) is 17.3 Å². The zero-order valence-corrected chi connectivity index (χ0v) is 15.1. The van der Waals surface area contributed by atoms with E-state index in [1.807, 2.05) is 60.7 Å². The molecule has 0 radical (unpaired) electrons. The number of nitrogens with zero attached hydrogens (tertiary/aromatic N) is 1. The fraction of sp³-hybridized carbons (Fsp3) is 0. The number of nitrogens with one attached hydrogen (secondary N) is 1. The second kappa shape index (κ2) is 8.73. The molecule has 27 heavy (non-hydrogen) atoms. The summed E-state index contributed by atoms with van der Waals surface area (Å²) in [6, 6.07) is 20.9. The van der Waals surface area contributed by atoms with Crippen molar-refractivity contribution < 1.29 is 9.53 Å². The van der Waals surface area contributed by atoms with Gasteiger partial charge in [-0.05, 0) is 40.7 Å². The summed E-state index contributed by atoms with van der Waals surface area (Å²) < 4.78 is 5.52. The van der Waals surface area contributed by atoms with Gasteiger partial charge in [0.25, 0.3) is 0 Å². The van der Waals surface area contributed by atoms with Gasteiger partial charge in [-0.2, -0.15) is 5.10 Å². The van der Waals surface area contributed by atoms with Crippen molar-refractivity contribution in [2.45, 2.75) is 0 Å². The first-order chi connectivity index (χ1) is 13.1. The summed E-state index contributed by atoms with van der Waals surface area (Å²) in [5, 5.41) is 5.94. The number of rotatable bonds is 5. The molecule has 0 saturated heterocycles. The average molecular weight is 375 g/mol. The maximum atomic E-state index is 12.2. The predicted molar refractivity (Wildman–Crippen MR) is 113 cm³/mol. The van der Waals surface area contributed by atoms with Gasteiger partial charge in [0.2, 0.25) is 0 Å². The Labute approximate surface area is 162 Å². The molecular weight excluding hydrogens is 358 g/mol. The van der Waals surface area contributed by atoms with Crippen molar-refractivity contribution >= 4 is 46.4 Å². The van der Waals surface area contributed by atoms with Crippen LogP contribution in [0.3, 0.4) is 0 Å². The Kier molecular flexibility index (Phi) is 5.91. The van der Waals surface area contributed by atoms with Crippen LogP contribution in [-0.2, 0) is 4.79 Å². The Bertz CT molecular complexity index is 1030. The summed E-state index contributed by atoms with van der Waals surface area (Å²) in [5.41, 5.74) is 9.47. The number of benzene rings is 3. The minimum Gasteiger partial charge on any atom is -0.423 e. The van der Waals surface area contributed by atoms with Crippen LogP contribution in [0.15, 0.2) is 77.9 Å². The van der Waals surface area contributed by atoms with Gasteiger partial charge in [0.05, 0.1) is 6.21 Å². The molecule has 0 saturated carbocycles. The minimum absolute atomic E-state index is 0.0517. The summed E-state index contributed by atoms with van der Waals surface area (Å²) in [4.78, 5) is 12.2. The van der Waals surface area contributed by atoms with E-state index >= 15 is 0 Å². The number of esters is 1. The van der Waals surface area contributed by atoms with E-state index < -0.39 is 5.97 Å². The lowest BCUT2D eigenvalue weighted by Gasteiger charge is -2.09. The largest absolute Gasteiger partial charge is 0.423 e. The number of hydrogen-bond acceptors (Lipinski definition) is 4. The van der Waals surface area contributed by atoms with Crippen molar-refractivity contribution in [3.8, 4) is 5.75 Å². The number of carbonyl (C=O) groups is 1. The SMILES string of the molecule is NC(=S)N/N=C/c1c(OC(=O)/C=C/c2ccccc2)ccc2ccccc12. The van der Waals surface area contributed by atoms with Gasteiger partial charge >= 0.3 is 5.97 Å². The number of carbonyl (C=O) groups excluding carboxylic acids is 1. The van der Waals surface area contributed by atoms with E-state index in [0.717, 1.165) is 16.3 Å². The van der Waals surface area contributed by atoms with Gasteiger partial charge in [0.1, 0.15) is 5.75 Å². The first-order valence-corrected chi connectivity index (χ1v) is 8.59. The quantitative estimate of drug-likeness (QED) is 0.178. The van der Waals surface area contributed by atoms with Crippen LogP contribution in [0.5, 0.6) is 5.75 Å². The monoisotopic (exact) mass is 375 g/mol. The van der Waals surface area contributed by atoms with E-state index in [1.165, 1.54) is 12.3 Å². The minimum atomic E-state index is -0.480. The molecule has 0 amide bonds. The third-order valence-corrected chi connectivity index (χ3v) is 3.81. The molecule has 0 bridgehead atoms. The second-order valence-corrected chi connectivity index (χ2v) is 6.04. The van der Waals surface area contributed by atoms with E-state index in [0.29, 0.717) is 11.3 Å². The van der Waals surface area contributed by atoms with E-state index in [1.54, 1.807) is 12.1 Å². The maximum Gasteiger partial charge on any atom is 0.336 e. The second-order valence-electron chi connectivity index (χ2n) is 5.60. The zero-order valence-electron chi connectivity index (χ0n) is 14.3. The molecule has 6 heteroatoms. The van der Waals surface area contributed by atoms with Crippen LogP contribution < -0.4 is 15.9 Å². The standard InChI is InChI=1S/C21H17N3O2S/c22-21(27)24-23-14-18-17-9-5-4-8-16(17)11-12-19(18)26-20(25)13-10-15-6-2-1-3-7-15/h1-14H,(H3,22,24,27)/b13-10+,23-14+. The van der Waals surface area contributed by atoms with Crippen molar-refractivity contribution in [1.29, 1.82) is 0 Å². The molecule has 3 rings (SSSR count). The van der Waals surface area contributed by atoms with Gasteiger partial charge in [0, 0.05) is 11.6 Å². The molecule has 3 aromatic carbocycles. The van der Waals surface area contributed by atoms with Crippen molar-refractivity contribution in [3.63, 3.8) is 0 Å². The van der Waals surface area contributed by atoms with Crippen LogP contribution in [0, 0.1) is 0 Å². The fourth-order valence-electron chi connectivity index (χ4n) is 2.53. The van der Waals surface area contributed by atoms with Crippen LogP contribution in [0.1, 0.15) is 11.1 Å². The first kappa shape index (κ1) is 18.3. The topological polar surface area (TPSA) is 76.7 Å². The van der Waals surface area contributed by atoms with Gasteiger partial charge in [-0.15, -0.1) is 0 Å². The molecule has 0 heterocycles. The van der Waals surface area contributed by atoms with E-state index in [2.05, 4.69) is 10.5 Å². The first-order valence-electron chi connectivity index (χ1n) is 8.19. The molecular formula is C21H17N3O2S. The average Bonchev–Trinajstić information content (AvgIpc) is 2.68. The summed E-state index contributed by atoms with van der Waals surface area (Å²) in [5.74, 6) is -0.0870. The molecule has 3 aromatic rings. The lowest BCUT2D eigenvalue weighted by molar-refractivity contribution is -0.128. The van der Waals surface area contributed by atoms with Crippen molar-refractivity contribution in [3.05, 3.63) is 83.9 Å². The highest BCUT2D eigenvalue weighted by atomic mass is 32.1. The fourth-order valence-corrected chi connectivity index (χ4v) is 2.58. The highest BCUT2D eigenvalue weighted by molar-refractivity contribution is 7.80. The molecule has 0 aliphatic rings. The van der Waals surface area contributed by atoms with E-state index in [-0.39, 0.29) is 5.11 Å². The Morgan fingerprint density at radius 2 is 1.78 bits per heavy atom. The lowest BCUT2D eigenvalue weighted by atomic mass is 10.0. The third kappa shape index (κ3) is 4.99. The molecule has 0 fully saturated rings. The molecule has 3 N–H and O–H groups in total. The number of hydrazone groups is 1. The van der Waals surface area contributed by atoms with Gasteiger partial charge in [-0.25, -0.2) is 4.79 Å². The summed E-state index contributed by atoms with van der Waals surface area (Å²) in [7, 11) is 0. The molecule has 0 spiro atoms. The molecule has 0 unspecified atom stereocenters. The van der Waals surface area contributed by atoms with Crippen molar-refractivity contribution in [2.24, 2.45) is 10.8 Å². The number of fused-ring (bicyclic) bond motifs is 1. The van der Waals surface area contributed by atoms with Gasteiger partial charge in [0.15, 0.2) is 5.11 Å².